The van der Waals surface area contributed by atoms with Crippen LogP contribution in [0.4, 0.5) is 5.69 Å². The molecule has 6 nitrogen and oxygen atoms in total. The highest BCUT2D eigenvalue weighted by Gasteiger charge is 2.22. The summed E-state index contributed by atoms with van der Waals surface area (Å²) in [7, 11) is 1.36. The van der Waals surface area contributed by atoms with Crippen molar-refractivity contribution in [2.45, 2.75) is 31.3 Å². The Balaban J connectivity index is 1.89. The molecule has 2 aromatic carbocycles. The minimum atomic E-state index is 0.504. The summed E-state index contributed by atoms with van der Waals surface area (Å²) in [5, 5.41) is 9.57. The van der Waals surface area contributed by atoms with Gasteiger partial charge in [-0.1, -0.05) is 57.5 Å². The van der Waals surface area contributed by atoms with Crippen molar-refractivity contribution in [3.63, 3.8) is 0 Å². The molecule has 27 heavy (non-hydrogen) atoms. The summed E-state index contributed by atoms with van der Waals surface area (Å²) in [6.45, 7) is 4.81. The Morgan fingerprint density at radius 2 is 2.00 bits per heavy atom. The van der Waals surface area contributed by atoms with E-state index in [0.29, 0.717) is 16.4 Å². The zero-order valence-electron chi connectivity index (χ0n) is 15.3. The Morgan fingerprint density at radius 1 is 1.22 bits per heavy atom. The smallest absolute Gasteiger partial charge is 0.302 e. The van der Waals surface area contributed by atoms with E-state index in [9.17, 15) is 4.91 Å². The fourth-order valence-electron chi connectivity index (χ4n) is 2.77. The average Bonchev–Trinajstić information content (AvgIpc) is 3.08. The molecule has 0 saturated heterocycles. The van der Waals surface area contributed by atoms with Gasteiger partial charge in [-0.2, -0.15) is 0 Å². The lowest BCUT2D eigenvalue weighted by Gasteiger charge is -2.08. The standard InChI is InChI=1S/C19H20BrN4O2S/c1-4-23-18(15-7-5-6-8-16(15)20)21-22-19(23)27-12-14-11-13(2)9-10-17(14)24(25)26-3/h5-11H,4,12H2,1-3H3/q+1. The summed E-state index contributed by atoms with van der Waals surface area (Å²) in [5.74, 6) is 1.41. The Hall–Kier alpha value is -2.19. The van der Waals surface area contributed by atoms with Crippen LogP contribution in [0.5, 0.6) is 0 Å². The van der Waals surface area contributed by atoms with Gasteiger partial charge in [0.15, 0.2) is 18.1 Å². The number of rotatable bonds is 7. The normalized spacial score (nSPS) is 10.8. The number of nitrogens with zero attached hydrogens (tertiary/aromatic N) is 4. The van der Waals surface area contributed by atoms with E-state index < -0.39 is 0 Å². The second-order valence-electron chi connectivity index (χ2n) is 5.89. The molecule has 0 N–H and O–H groups in total. The summed E-state index contributed by atoms with van der Waals surface area (Å²) in [5.41, 5.74) is 3.49. The van der Waals surface area contributed by atoms with Crippen molar-refractivity contribution in [3.8, 4) is 11.4 Å². The van der Waals surface area contributed by atoms with Crippen LogP contribution in [0.2, 0.25) is 0 Å². The van der Waals surface area contributed by atoms with E-state index >= 15 is 0 Å². The molecule has 0 unspecified atom stereocenters. The van der Waals surface area contributed by atoms with Crippen molar-refractivity contribution in [1.82, 2.24) is 14.8 Å². The second-order valence-corrected chi connectivity index (χ2v) is 7.69. The highest BCUT2D eigenvalue weighted by molar-refractivity contribution is 9.10. The molecular formula is C19H20BrN4O2S+. The molecule has 8 heteroatoms. The molecule has 0 radical (unpaired) electrons. The maximum Gasteiger partial charge on any atom is 0.320 e. The van der Waals surface area contributed by atoms with Gasteiger partial charge in [0.25, 0.3) is 4.92 Å². The van der Waals surface area contributed by atoms with E-state index in [4.69, 9.17) is 4.84 Å². The highest BCUT2D eigenvalue weighted by atomic mass is 79.9. The fourth-order valence-corrected chi connectivity index (χ4v) is 4.22. The first-order valence-corrected chi connectivity index (χ1v) is 10.2. The Labute approximate surface area is 170 Å². The first-order valence-electron chi connectivity index (χ1n) is 8.47. The number of benzene rings is 2. The van der Waals surface area contributed by atoms with Gasteiger partial charge in [-0.3, -0.25) is 0 Å². The summed E-state index contributed by atoms with van der Waals surface area (Å²) in [6, 6.07) is 13.6. The zero-order chi connectivity index (χ0) is 19.4. The largest absolute Gasteiger partial charge is 0.320 e. The summed E-state index contributed by atoms with van der Waals surface area (Å²) in [6.07, 6.45) is 0. The summed E-state index contributed by atoms with van der Waals surface area (Å²) >= 11 is 5.13. The third kappa shape index (κ3) is 4.22. The zero-order valence-corrected chi connectivity index (χ0v) is 17.7. The first-order chi connectivity index (χ1) is 13.0. The number of aryl methyl sites for hydroxylation is 1. The maximum atomic E-state index is 12.0. The Morgan fingerprint density at radius 3 is 2.70 bits per heavy atom. The van der Waals surface area contributed by atoms with Crippen molar-refractivity contribution in [2.24, 2.45) is 0 Å². The van der Waals surface area contributed by atoms with Crippen LogP contribution in [0.1, 0.15) is 18.1 Å². The lowest BCUT2D eigenvalue weighted by Crippen LogP contribution is -2.03. The minimum Gasteiger partial charge on any atom is -0.302 e. The highest BCUT2D eigenvalue weighted by Crippen LogP contribution is 2.32. The summed E-state index contributed by atoms with van der Waals surface area (Å²) < 4.78 is 3.05. The predicted molar refractivity (Wildman–Crippen MR) is 110 cm³/mol. The van der Waals surface area contributed by atoms with Crippen molar-refractivity contribution in [3.05, 3.63) is 63.0 Å². The SMILES string of the molecule is CCn1c(SCc2cc(C)ccc2[N+](=O)OC)nnc1-c1ccccc1Br. The van der Waals surface area contributed by atoms with E-state index in [1.807, 2.05) is 43.3 Å². The van der Waals surface area contributed by atoms with Crippen LogP contribution in [0.15, 0.2) is 52.1 Å². The van der Waals surface area contributed by atoms with Crippen LogP contribution in [0, 0.1) is 11.8 Å². The molecule has 0 bridgehead atoms. The van der Waals surface area contributed by atoms with Gasteiger partial charge in [0.05, 0.1) is 4.91 Å². The molecule has 0 fully saturated rings. The molecule has 0 aliphatic heterocycles. The molecule has 140 valence electrons. The second kappa shape index (κ2) is 8.67. The van der Waals surface area contributed by atoms with E-state index in [0.717, 1.165) is 38.7 Å². The molecule has 0 aliphatic rings. The molecule has 1 aromatic heterocycles. The van der Waals surface area contributed by atoms with Gasteiger partial charge in [-0.15, -0.1) is 10.2 Å². The van der Waals surface area contributed by atoms with Crippen LogP contribution < -0.4 is 0 Å². The topological polar surface area (TPSA) is 60.0 Å². The molecule has 0 amide bonds. The van der Waals surface area contributed by atoms with Gasteiger partial charge in [0.1, 0.15) is 0 Å². The molecule has 1 heterocycles. The van der Waals surface area contributed by atoms with Crippen LogP contribution in [-0.2, 0) is 17.1 Å². The third-order valence-electron chi connectivity index (χ3n) is 4.10. The van der Waals surface area contributed by atoms with Crippen LogP contribution in [-0.4, -0.2) is 26.8 Å². The third-order valence-corrected chi connectivity index (χ3v) is 5.81. The predicted octanol–water partition coefficient (Wildman–Crippen LogP) is 5.30. The first kappa shape index (κ1) is 19.6. The van der Waals surface area contributed by atoms with Gasteiger partial charge >= 0.3 is 5.69 Å². The number of hydrogen-bond donors (Lipinski definition) is 0. The molecule has 0 atom stereocenters. The average molecular weight is 448 g/mol. The van der Waals surface area contributed by atoms with Crippen molar-refractivity contribution in [1.29, 1.82) is 0 Å². The van der Waals surface area contributed by atoms with E-state index in [1.54, 1.807) is 17.8 Å². The molecule has 3 rings (SSSR count). The van der Waals surface area contributed by atoms with Crippen LogP contribution in [0.25, 0.3) is 11.4 Å². The van der Waals surface area contributed by atoms with Gasteiger partial charge < -0.3 is 4.57 Å². The quantitative estimate of drug-likeness (QED) is 0.363. The molecular weight excluding hydrogens is 428 g/mol. The van der Waals surface area contributed by atoms with E-state index in [2.05, 4.69) is 37.6 Å². The minimum absolute atomic E-state index is 0.504. The van der Waals surface area contributed by atoms with Crippen molar-refractivity contribution < 1.29 is 9.76 Å². The number of thioether (sulfide) groups is 1. The van der Waals surface area contributed by atoms with Gasteiger partial charge in [-0.05, 0) is 26.0 Å². The van der Waals surface area contributed by atoms with E-state index in [1.165, 1.54) is 7.11 Å². The Kier molecular flexibility index (Phi) is 6.28. The van der Waals surface area contributed by atoms with Gasteiger partial charge in [0, 0.05) is 34.0 Å². The fraction of sp³-hybridized carbons (Fsp3) is 0.263. The molecule has 0 aliphatic carbocycles. The van der Waals surface area contributed by atoms with Crippen molar-refractivity contribution in [2.75, 3.05) is 7.11 Å². The number of aromatic nitrogens is 3. The number of halogens is 1. The molecule has 3 aromatic rings. The maximum absolute atomic E-state index is 12.0. The molecule has 0 spiro atoms. The monoisotopic (exact) mass is 447 g/mol. The number of hydrogen-bond acceptors (Lipinski definition) is 5. The van der Waals surface area contributed by atoms with Crippen LogP contribution in [0.3, 0.4) is 0 Å². The van der Waals surface area contributed by atoms with E-state index in [-0.39, 0.29) is 0 Å². The Bertz CT molecular complexity index is 974. The van der Waals surface area contributed by atoms with Gasteiger partial charge in [0.2, 0.25) is 0 Å². The molecule has 0 saturated carbocycles. The van der Waals surface area contributed by atoms with Crippen molar-refractivity contribution >= 4 is 33.4 Å². The summed E-state index contributed by atoms with van der Waals surface area (Å²) in [4.78, 5) is 17.3. The van der Waals surface area contributed by atoms with Crippen LogP contribution >= 0.6 is 27.7 Å². The van der Waals surface area contributed by atoms with Gasteiger partial charge in [-0.25, -0.2) is 4.84 Å². The lowest BCUT2D eigenvalue weighted by molar-refractivity contribution is -0.737. The lowest BCUT2D eigenvalue weighted by atomic mass is 10.1.